The smallest absolute Gasteiger partial charge is 0.257 e. The molecule has 26 heavy (non-hydrogen) atoms. The minimum atomic E-state index is 0.0548. The van der Waals surface area contributed by atoms with Crippen molar-refractivity contribution < 1.29 is 4.79 Å². The number of hydrogen-bond acceptors (Lipinski definition) is 3. The summed E-state index contributed by atoms with van der Waals surface area (Å²) in [5.41, 5.74) is 5.31. The summed E-state index contributed by atoms with van der Waals surface area (Å²) in [5.74, 6) is 0.322. The van der Waals surface area contributed by atoms with Crippen molar-refractivity contribution in [2.75, 3.05) is 13.1 Å². The number of benzene rings is 1. The number of carbonyl (C=O) groups excluding carboxylic acids is 1. The molecule has 1 atom stereocenters. The van der Waals surface area contributed by atoms with Gasteiger partial charge in [-0.25, -0.2) is 0 Å². The molecule has 1 fully saturated rings. The van der Waals surface area contributed by atoms with Crippen LogP contribution in [0.2, 0.25) is 0 Å². The van der Waals surface area contributed by atoms with E-state index in [2.05, 4.69) is 46.5 Å². The molecular formula is C20H23N5O. The van der Waals surface area contributed by atoms with Gasteiger partial charge in [-0.2, -0.15) is 10.2 Å². The average Bonchev–Trinajstić information content (AvgIpc) is 3.31. The molecule has 1 amide bonds. The van der Waals surface area contributed by atoms with E-state index in [0.717, 1.165) is 36.2 Å². The molecule has 1 aliphatic heterocycles. The van der Waals surface area contributed by atoms with Gasteiger partial charge in [-0.05, 0) is 25.3 Å². The lowest BCUT2D eigenvalue weighted by molar-refractivity contribution is 0.0706. The van der Waals surface area contributed by atoms with Gasteiger partial charge in [0.2, 0.25) is 0 Å². The lowest BCUT2D eigenvalue weighted by atomic mass is 9.90. The van der Waals surface area contributed by atoms with Gasteiger partial charge in [0.25, 0.3) is 5.91 Å². The van der Waals surface area contributed by atoms with Crippen molar-refractivity contribution in [3.63, 3.8) is 0 Å². The molecule has 0 spiro atoms. The first-order chi connectivity index (χ1) is 12.6. The van der Waals surface area contributed by atoms with Crippen molar-refractivity contribution in [2.45, 2.75) is 25.7 Å². The Morgan fingerprint density at radius 1 is 1.23 bits per heavy atom. The summed E-state index contributed by atoms with van der Waals surface area (Å²) in [4.78, 5) is 14.7. The molecule has 1 saturated heterocycles. The fourth-order valence-electron chi connectivity index (χ4n) is 3.68. The number of amides is 1. The summed E-state index contributed by atoms with van der Waals surface area (Å²) < 4.78 is 1.67. The quantitative estimate of drug-likeness (QED) is 0.790. The molecule has 1 aliphatic rings. The number of aryl methyl sites for hydroxylation is 2. The zero-order valence-electron chi connectivity index (χ0n) is 15.1. The fourth-order valence-corrected chi connectivity index (χ4v) is 3.68. The van der Waals surface area contributed by atoms with E-state index in [1.54, 1.807) is 17.1 Å². The first-order valence-electron chi connectivity index (χ1n) is 9.00. The van der Waals surface area contributed by atoms with Crippen LogP contribution in [0.15, 0.2) is 42.9 Å². The van der Waals surface area contributed by atoms with Crippen LogP contribution in [-0.4, -0.2) is 43.9 Å². The molecule has 1 N–H and O–H groups in total. The van der Waals surface area contributed by atoms with E-state index in [1.807, 2.05) is 18.1 Å². The third kappa shape index (κ3) is 3.14. The highest BCUT2D eigenvalue weighted by Crippen LogP contribution is 2.33. The van der Waals surface area contributed by atoms with Gasteiger partial charge in [-0.1, -0.05) is 29.8 Å². The van der Waals surface area contributed by atoms with Crippen LogP contribution in [0, 0.1) is 6.92 Å². The Morgan fingerprint density at radius 3 is 2.77 bits per heavy atom. The van der Waals surface area contributed by atoms with Crippen molar-refractivity contribution in [3.8, 4) is 11.1 Å². The second kappa shape index (κ2) is 6.78. The molecule has 0 aliphatic carbocycles. The molecule has 1 aromatic carbocycles. The Balaban J connectivity index is 1.56. The Hall–Kier alpha value is -2.89. The van der Waals surface area contributed by atoms with Crippen LogP contribution in [0.1, 0.15) is 40.4 Å². The van der Waals surface area contributed by atoms with Gasteiger partial charge >= 0.3 is 0 Å². The largest absolute Gasteiger partial charge is 0.338 e. The monoisotopic (exact) mass is 349 g/mol. The van der Waals surface area contributed by atoms with Gasteiger partial charge in [0.15, 0.2) is 0 Å². The molecule has 0 unspecified atom stereocenters. The summed E-state index contributed by atoms with van der Waals surface area (Å²) in [6, 6.07) is 8.49. The highest BCUT2D eigenvalue weighted by Gasteiger charge is 2.28. The number of aromatic nitrogens is 4. The van der Waals surface area contributed by atoms with Crippen LogP contribution in [-0.2, 0) is 7.05 Å². The van der Waals surface area contributed by atoms with Crippen molar-refractivity contribution in [1.29, 1.82) is 0 Å². The molecule has 6 heteroatoms. The number of rotatable bonds is 3. The molecule has 3 aromatic rings. The Kier molecular flexibility index (Phi) is 4.32. The number of carbonyl (C=O) groups is 1. The summed E-state index contributed by atoms with van der Waals surface area (Å²) in [6.07, 6.45) is 7.35. The van der Waals surface area contributed by atoms with Crippen molar-refractivity contribution >= 4 is 5.91 Å². The van der Waals surface area contributed by atoms with Gasteiger partial charge in [-0.3, -0.25) is 14.6 Å². The van der Waals surface area contributed by atoms with Crippen LogP contribution < -0.4 is 0 Å². The normalized spacial score (nSPS) is 17.5. The third-order valence-electron chi connectivity index (χ3n) is 5.10. The highest BCUT2D eigenvalue weighted by atomic mass is 16.2. The number of likely N-dealkylation sites (tertiary alicyclic amines) is 1. The third-order valence-corrected chi connectivity index (χ3v) is 5.10. The predicted octanol–water partition coefficient (Wildman–Crippen LogP) is 3.14. The predicted molar refractivity (Wildman–Crippen MR) is 99.8 cm³/mol. The Labute approximate surface area is 152 Å². The van der Waals surface area contributed by atoms with Gasteiger partial charge < -0.3 is 4.90 Å². The zero-order valence-corrected chi connectivity index (χ0v) is 15.1. The van der Waals surface area contributed by atoms with Gasteiger partial charge in [0, 0.05) is 43.5 Å². The molecule has 6 nitrogen and oxygen atoms in total. The standard InChI is InChI=1S/C20H23N5O/c1-14-5-7-15(8-6-14)18-11-21-23-19(18)16-4-3-9-25(13-16)20(26)17-10-22-24(2)12-17/h5-8,10-12,16H,3-4,9,13H2,1-2H3,(H,21,23)/t16-/m1/s1. The van der Waals surface area contributed by atoms with Gasteiger partial charge in [-0.15, -0.1) is 0 Å². The van der Waals surface area contributed by atoms with Crippen LogP contribution >= 0.6 is 0 Å². The molecule has 3 heterocycles. The summed E-state index contributed by atoms with van der Waals surface area (Å²) >= 11 is 0. The SMILES string of the molecule is Cc1ccc(-c2cn[nH]c2[C@@H]2CCCN(C(=O)c3cnn(C)c3)C2)cc1. The van der Waals surface area contributed by atoms with Gasteiger partial charge in [0.05, 0.1) is 18.0 Å². The van der Waals surface area contributed by atoms with Crippen molar-refractivity contribution in [1.82, 2.24) is 24.9 Å². The lowest BCUT2D eigenvalue weighted by Gasteiger charge is -2.32. The topological polar surface area (TPSA) is 66.8 Å². The minimum absolute atomic E-state index is 0.0548. The fraction of sp³-hybridized carbons (Fsp3) is 0.350. The maximum atomic E-state index is 12.8. The average molecular weight is 349 g/mol. The number of nitrogens with one attached hydrogen (secondary N) is 1. The Bertz CT molecular complexity index is 908. The van der Waals surface area contributed by atoms with Crippen LogP contribution in [0.4, 0.5) is 0 Å². The van der Waals surface area contributed by atoms with E-state index < -0.39 is 0 Å². The number of nitrogens with zero attached hydrogens (tertiary/aromatic N) is 4. The molecule has 0 radical (unpaired) electrons. The zero-order chi connectivity index (χ0) is 18.1. The minimum Gasteiger partial charge on any atom is -0.338 e. The lowest BCUT2D eigenvalue weighted by Crippen LogP contribution is -2.39. The molecular weight excluding hydrogens is 326 g/mol. The van der Waals surface area contributed by atoms with Crippen molar-refractivity contribution in [2.24, 2.45) is 7.05 Å². The first-order valence-corrected chi connectivity index (χ1v) is 9.00. The molecule has 0 bridgehead atoms. The summed E-state index contributed by atoms with van der Waals surface area (Å²) in [6.45, 7) is 3.58. The molecule has 2 aromatic heterocycles. The number of aromatic amines is 1. The number of H-pyrrole nitrogens is 1. The maximum absolute atomic E-state index is 12.8. The van der Waals surface area contributed by atoms with Crippen molar-refractivity contribution in [3.05, 3.63) is 59.7 Å². The number of piperidine rings is 1. The second-order valence-electron chi connectivity index (χ2n) is 7.06. The summed E-state index contributed by atoms with van der Waals surface area (Å²) in [5, 5.41) is 11.6. The van der Waals surface area contributed by atoms with E-state index >= 15 is 0 Å². The Morgan fingerprint density at radius 2 is 2.04 bits per heavy atom. The molecule has 0 saturated carbocycles. The van der Waals surface area contributed by atoms with Crippen LogP contribution in [0.5, 0.6) is 0 Å². The molecule has 134 valence electrons. The van der Waals surface area contributed by atoms with Crippen LogP contribution in [0.25, 0.3) is 11.1 Å². The maximum Gasteiger partial charge on any atom is 0.257 e. The van der Waals surface area contributed by atoms with Gasteiger partial charge in [0.1, 0.15) is 0 Å². The van der Waals surface area contributed by atoms with E-state index in [-0.39, 0.29) is 11.8 Å². The van der Waals surface area contributed by atoms with Crippen LogP contribution in [0.3, 0.4) is 0 Å². The molecule has 4 rings (SSSR count). The highest BCUT2D eigenvalue weighted by molar-refractivity contribution is 5.93. The summed E-state index contributed by atoms with van der Waals surface area (Å²) in [7, 11) is 1.83. The van der Waals surface area contributed by atoms with E-state index in [4.69, 9.17) is 0 Å². The van der Waals surface area contributed by atoms with E-state index in [1.165, 1.54) is 5.56 Å². The van der Waals surface area contributed by atoms with E-state index in [9.17, 15) is 4.79 Å². The number of hydrogen-bond donors (Lipinski definition) is 1. The first kappa shape index (κ1) is 16.6. The van der Waals surface area contributed by atoms with E-state index in [0.29, 0.717) is 12.1 Å². The second-order valence-corrected chi connectivity index (χ2v) is 7.06.